The lowest BCUT2D eigenvalue weighted by Crippen LogP contribution is -1.95. The second kappa shape index (κ2) is 5.28. The van der Waals surface area contributed by atoms with Gasteiger partial charge in [-0.25, -0.2) is 0 Å². The van der Waals surface area contributed by atoms with Crippen molar-refractivity contribution in [2.24, 2.45) is 5.92 Å². The summed E-state index contributed by atoms with van der Waals surface area (Å²) in [5.41, 5.74) is 0. The van der Waals surface area contributed by atoms with Crippen molar-refractivity contribution in [3.8, 4) is 0 Å². The van der Waals surface area contributed by atoms with E-state index in [1.54, 1.807) is 0 Å². The molecular formula is C11H20O2. The molecule has 0 aromatic rings. The fraction of sp³-hybridized carbons (Fsp3) is 0.818. The van der Waals surface area contributed by atoms with Crippen LogP contribution in [0.15, 0.2) is 11.8 Å². The first-order valence-electron chi connectivity index (χ1n) is 5.31. The number of aliphatic hydroxyl groups is 1. The smallest absolute Gasteiger partial charge is 0.178 e. The van der Waals surface area contributed by atoms with Crippen LogP contribution in [0.1, 0.15) is 39.5 Å². The molecule has 0 aromatic heterocycles. The zero-order chi connectivity index (χ0) is 9.68. The predicted molar refractivity (Wildman–Crippen MR) is 53.3 cm³/mol. The summed E-state index contributed by atoms with van der Waals surface area (Å²) in [5, 5.41) is 8.77. The normalized spacial score (nSPS) is 25.8. The summed E-state index contributed by atoms with van der Waals surface area (Å²) in [6, 6.07) is 0. The van der Waals surface area contributed by atoms with Crippen molar-refractivity contribution in [1.82, 2.24) is 0 Å². The van der Waals surface area contributed by atoms with E-state index in [0.717, 1.165) is 5.76 Å². The molecule has 0 spiro atoms. The van der Waals surface area contributed by atoms with Gasteiger partial charge in [-0.2, -0.15) is 0 Å². The summed E-state index contributed by atoms with van der Waals surface area (Å²) >= 11 is 0. The van der Waals surface area contributed by atoms with Gasteiger partial charge in [-0.05, 0) is 24.8 Å². The van der Waals surface area contributed by atoms with Crippen LogP contribution in [0.3, 0.4) is 0 Å². The Morgan fingerprint density at radius 2 is 2.31 bits per heavy atom. The molecule has 1 aliphatic rings. The van der Waals surface area contributed by atoms with Gasteiger partial charge in [-0.15, -0.1) is 0 Å². The molecule has 0 aromatic carbocycles. The van der Waals surface area contributed by atoms with Crippen molar-refractivity contribution >= 4 is 0 Å². The molecule has 13 heavy (non-hydrogen) atoms. The fourth-order valence-corrected chi connectivity index (χ4v) is 1.51. The molecule has 1 saturated heterocycles. The summed E-state index contributed by atoms with van der Waals surface area (Å²) in [7, 11) is 0. The molecule has 0 radical (unpaired) electrons. The van der Waals surface area contributed by atoms with Gasteiger partial charge >= 0.3 is 0 Å². The molecule has 1 heterocycles. The number of rotatable bonds is 6. The lowest BCUT2D eigenvalue weighted by molar-refractivity contribution is 0.245. The quantitative estimate of drug-likeness (QED) is 0.643. The van der Waals surface area contributed by atoms with Gasteiger partial charge in [0.15, 0.2) is 6.10 Å². The zero-order valence-corrected chi connectivity index (χ0v) is 8.62. The van der Waals surface area contributed by atoms with Crippen molar-refractivity contribution in [2.45, 2.75) is 45.6 Å². The standard InChI is InChI=1S/C11H20O2/c1-3-5-6-9(4-2)7-10-11(8-12)13-10/h7,9,11-12H,3-6,8H2,1-2H3/b10-7-/t9?,11-/m1/s1. The average Bonchev–Trinajstić information content (AvgIpc) is 2.90. The third-order valence-corrected chi connectivity index (χ3v) is 2.56. The van der Waals surface area contributed by atoms with E-state index in [-0.39, 0.29) is 12.7 Å². The van der Waals surface area contributed by atoms with E-state index in [0.29, 0.717) is 5.92 Å². The number of ether oxygens (including phenoxy) is 1. The number of allylic oxidation sites excluding steroid dienone is 1. The van der Waals surface area contributed by atoms with E-state index in [1.165, 1.54) is 25.7 Å². The summed E-state index contributed by atoms with van der Waals surface area (Å²) in [6.07, 6.45) is 7.17. The molecule has 1 aliphatic heterocycles. The van der Waals surface area contributed by atoms with Gasteiger partial charge in [0.25, 0.3) is 0 Å². The predicted octanol–water partition coefficient (Wildman–Crippen LogP) is 2.48. The van der Waals surface area contributed by atoms with E-state index in [9.17, 15) is 0 Å². The summed E-state index contributed by atoms with van der Waals surface area (Å²) < 4.78 is 5.19. The molecule has 1 fully saturated rings. The first-order chi connectivity index (χ1) is 6.31. The van der Waals surface area contributed by atoms with Crippen LogP contribution in [0.5, 0.6) is 0 Å². The molecule has 0 bridgehead atoms. The second-order valence-corrected chi connectivity index (χ2v) is 3.67. The van der Waals surface area contributed by atoms with Crippen LogP contribution < -0.4 is 0 Å². The largest absolute Gasteiger partial charge is 0.481 e. The first-order valence-corrected chi connectivity index (χ1v) is 5.31. The minimum Gasteiger partial charge on any atom is -0.481 e. The van der Waals surface area contributed by atoms with Crippen LogP contribution >= 0.6 is 0 Å². The number of unbranched alkanes of at least 4 members (excludes halogenated alkanes) is 1. The third-order valence-electron chi connectivity index (χ3n) is 2.56. The van der Waals surface area contributed by atoms with Crippen molar-refractivity contribution in [2.75, 3.05) is 6.61 Å². The van der Waals surface area contributed by atoms with Crippen molar-refractivity contribution in [3.05, 3.63) is 11.8 Å². The number of hydrogen-bond donors (Lipinski definition) is 1. The van der Waals surface area contributed by atoms with E-state index in [1.807, 2.05) is 0 Å². The highest BCUT2D eigenvalue weighted by Gasteiger charge is 2.31. The Labute approximate surface area is 80.6 Å². The molecule has 2 nitrogen and oxygen atoms in total. The van der Waals surface area contributed by atoms with E-state index in [4.69, 9.17) is 9.84 Å². The maximum atomic E-state index is 8.77. The van der Waals surface area contributed by atoms with Crippen LogP contribution in [0.25, 0.3) is 0 Å². The maximum Gasteiger partial charge on any atom is 0.178 e. The molecule has 1 unspecified atom stereocenters. The van der Waals surface area contributed by atoms with Gasteiger partial charge in [0.05, 0.1) is 6.61 Å². The lowest BCUT2D eigenvalue weighted by atomic mass is 9.99. The SMILES string of the molecule is CCCCC(/C=C1\O[C@@H]1CO)CC. The Bertz CT molecular complexity index is 175. The highest BCUT2D eigenvalue weighted by Crippen LogP contribution is 2.29. The van der Waals surface area contributed by atoms with E-state index < -0.39 is 0 Å². The minimum atomic E-state index is 0.0238. The van der Waals surface area contributed by atoms with Crippen molar-refractivity contribution in [1.29, 1.82) is 0 Å². The van der Waals surface area contributed by atoms with Gasteiger partial charge in [0.1, 0.15) is 5.76 Å². The highest BCUT2D eigenvalue weighted by molar-refractivity contribution is 5.14. The van der Waals surface area contributed by atoms with E-state index in [2.05, 4.69) is 19.9 Å². The third kappa shape index (κ3) is 3.39. The molecule has 76 valence electrons. The van der Waals surface area contributed by atoms with Crippen LogP contribution in [-0.2, 0) is 4.74 Å². The molecule has 0 aliphatic carbocycles. The zero-order valence-electron chi connectivity index (χ0n) is 8.62. The summed E-state index contributed by atoms with van der Waals surface area (Å²) in [6.45, 7) is 4.55. The Balaban J connectivity index is 2.28. The van der Waals surface area contributed by atoms with Crippen LogP contribution in [0.2, 0.25) is 0 Å². The minimum absolute atomic E-state index is 0.0238. The number of hydrogen-bond acceptors (Lipinski definition) is 2. The summed E-state index contributed by atoms with van der Waals surface area (Å²) in [4.78, 5) is 0. The molecule has 1 rings (SSSR count). The Morgan fingerprint density at radius 1 is 1.54 bits per heavy atom. The van der Waals surface area contributed by atoms with Gasteiger partial charge < -0.3 is 9.84 Å². The van der Waals surface area contributed by atoms with Crippen molar-refractivity contribution in [3.63, 3.8) is 0 Å². The molecule has 1 N–H and O–H groups in total. The number of aliphatic hydroxyl groups excluding tert-OH is 1. The van der Waals surface area contributed by atoms with Gasteiger partial charge in [-0.3, -0.25) is 0 Å². The topological polar surface area (TPSA) is 32.8 Å². The van der Waals surface area contributed by atoms with Crippen molar-refractivity contribution < 1.29 is 9.84 Å². The monoisotopic (exact) mass is 184 g/mol. The van der Waals surface area contributed by atoms with Gasteiger partial charge in [0.2, 0.25) is 0 Å². The summed E-state index contributed by atoms with van der Waals surface area (Å²) in [5.74, 6) is 1.65. The molecule has 2 atom stereocenters. The molecule has 0 amide bonds. The average molecular weight is 184 g/mol. The molecular weight excluding hydrogens is 164 g/mol. The fourth-order valence-electron chi connectivity index (χ4n) is 1.51. The highest BCUT2D eigenvalue weighted by atomic mass is 16.6. The van der Waals surface area contributed by atoms with Crippen LogP contribution in [0.4, 0.5) is 0 Å². The Kier molecular flexibility index (Phi) is 4.29. The Morgan fingerprint density at radius 3 is 2.77 bits per heavy atom. The second-order valence-electron chi connectivity index (χ2n) is 3.67. The maximum absolute atomic E-state index is 8.77. The molecule has 2 heteroatoms. The van der Waals surface area contributed by atoms with Crippen LogP contribution in [0, 0.1) is 5.92 Å². The Hall–Kier alpha value is -0.500. The molecule has 0 saturated carbocycles. The first kappa shape index (κ1) is 10.6. The van der Waals surface area contributed by atoms with Gasteiger partial charge in [0, 0.05) is 0 Å². The van der Waals surface area contributed by atoms with Crippen LogP contribution in [-0.4, -0.2) is 17.8 Å². The number of epoxide rings is 1. The lowest BCUT2D eigenvalue weighted by Gasteiger charge is -2.06. The van der Waals surface area contributed by atoms with E-state index >= 15 is 0 Å². The van der Waals surface area contributed by atoms with Gasteiger partial charge in [-0.1, -0.05) is 26.7 Å².